The van der Waals surface area contributed by atoms with E-state index in [1.165, 1.54) is 12.8 Å². The van der Waals surface area contributed by atoms with Crippen molar-refractivity contribution < 1.29 is 5.11 Å². The molecule has 2 nitrogen and oxygen atoms in total. The van der Waals surface area contributed by atoms with Crippen molar-refractivity contribution in [2.45, 2.75) is 58.9 Å². The summed E-state index contributed by atoms with van der Waals surface area (Å²) in [5.74, 6) is 0.748. The van der Waals surface area contributed by atoms with Gasteiger partial charge in [-0.1, -0.05) is 40.5 Å². The molecule has 0 heterocycles. The lowest BCUT2D eigenvalue weighted by atomic mass is 9.76. The molecular weight excluding hydrogens is 186 g/mol. The molecule has 2 atom stereocenters. The van der Waals surface area contributed by atoms with Gasteiger partial charge in [0.2, 0.25) is 0 Å². The van der Waals surface area contributed by atoms with Gasteiger partial charge >= 0.3 is 0 Å². The van der Waals surface area contributed by atoms with Crippen LogP contribution in [-0.4, -0.2) is 23.8 Å². The van der Waals surface area contributed by atoms with Crippen LogP contribution in [0.25, 0.3) is 0 Å². The summed E-state index contributed by atoms with van der Waals surface area (Å²) in [6, 6.07) is 0. The topological polar surface area (TPSA) is 32.3 Å². The van der Waals surface area contributed by atoms with E-state index in [9.17, 15) is 5.11 Å². The van der Waals surface area contributed by atoms with E-state index in [0.29, 0.717) is 5.41 Å². The van der Waals surface area contributed by atoms with Crippen molar-refractivity contribution in [3.05, 3.63) is 0 Å². The SMILES string of the molecule is CC1CCCC(CO)(NCC(C)(C)C)C1. The standard InChI is InChI=1S/C13H27NO/c1-11-6-5-7-13(8-11,10-15)14-9-12(2,3)4/h11,14-15H,5-10H2,1-4H3. The first-order valence-corrected chi connectivity index (χ1v) is 6.23. The molecule has 1 rings (SSSR count). The van der Waals surface area contributed by atoms with Crippen molar-refractivity contribution in [2.75, 3.05) is 13.2 Å². The first kappa shape index (κ1) is 13.0. The summed E-state index contributed by atoms with van der Waals surface area (Å²) in [7, 11) is 0. The summed E-state index contributed by atoms with van der Waals surface area (Å²) in [6.07, 6.45) is 4.82. The molecule has 1 aliphatic carbocycles. The summed E-state index contributed by atoms with van der Waals surface area (Å²) < 4.78 is 0. The third kappa shape index (κ3) is 4.12. The van der Waals surface area contributed by atoms with Crippen LogP contribution in [0, 0.1) is 11.3 Å². The number of rotatable bonds is 3. The van der Waals surface area contributed by atoms with E-state index in [1.807, 2.05) is 0 Å². The van der Waals surface area contributed by atoms with Gasteiger partial charge in [-0.3, -0.25) is 0 Å². The van der Waals surface area contributed by atoms with Crippen LogP contribution >= 0.6 is 0 Å². The molecule has 0 aromatic heterocycles. The molecule has 2 unspecified atom stereocenters. The average molecular weight is 213 g/mol. The van der Waals surface area contributed by atoms with Gasteiger partial charge in [-0.25, -0.2) is 0 Å². The Bertz CT molecular complexity index is 197. The molecule has 1 fully saturated rings. The predicted octanol–water partition coefficient (Wildman–Crippen LogP) is 2.56. The molecule has 0 amide bonds. The molecule has 2 heteroatoms. The van der Waals surface area contributed by atoms with Crippen LogP contribution in [0.4, 0.5) is 0 Å². The summed E-state index contributed by atoms with van der Waals surface area (Å²) in [6.45, 7) is 10.3. The Hall–Kier alpha value is -0.0800. The van der Waals surface area contributed by atoms with Crippen LogP contribution < -0.4 is 5.32 Å². The van der Waals surface area contributed by atoms with Crippen LogP contribution in [0.15, 0.2) is 0 Å². The zero-order chi connectivity index (χ0) is 11.5. The van der Waals surface area contributed by atoms with Crippen molar-refractivity contribution in [3.63, 3.8) is 0 Å². The number of nitrogens with one attached hydrogen (secondary N) is 1. The Morgan fingerprint density at radius 2 is 2.07 bits per heavy atom. The molecule has 15 heavy (non-hydrogen) atoms. The summed E-state index contributed by atoms with van der Waals surface area (Å²) in [5, 5.41) is 13.2. The van der Waals surface area contributed by atoms with E-state index >= 15 is 0 Å². The average Bonchev–Trinajstić information content (AvgIpc) is 2.14. The molecule has 0 aliphatic heterocycles. The molecule has 0 bridgehead atoms. The second-order valence-electron chi connectivity index (χ2n) is 6.55. The molecule has 0 saturated heterocycles. The van der Waals surface area contributed by atoms with Gasteiger partial charge in [-0.05, 0) is 24.2 Å². The van der Waals surface area contributed by atoms with Gasteiger partial charge in [0.15, 0.2) is 0 Å². The maximum Gasteiger partial charge on any atom is 0.0613 e. The second-order valence-corrected chi connectivity index (χ2v) is 6.55. The Balaban J connectivity index is 2.52. The van der Waals surface area contributed by atoms with Crippen LogP contribution in [0.3, 0.4) is 0 Å². The van der Waals surface area contributed by atoms with Crippen LogP contribution in [0.2, 0.25) is 0 Å². The molecule has 2 N–H and O–H groups in total. The normalized spacial score (nSPS) is 33.0. The lowest BCUT2D eigenvalue weighted by Gasteiger charge is -2.41. The summed E-state index contributed by atoms with van der Waals surface area (Å²) in [4.78, 5) is 0. The largest absolute Gasteiger partial charge is 0.394 e. The van der Waals surface area contributed by atoms with Gasteiger partial charge in [0, 0.05) is 12.1 Å². The fourth-order valence-corrected chi connectivity index (χ4v) is 2.47. The maximum absolute atomic E-state index is 9.59. The first-order valence-electron chi connectivity index (χ1n) is 6.23. The van der Waals surface area contributed by atoms with E-state index in [0.717, 1.165) is 25.3 Å². The minimum atomic E-state index is 0.00491. The van der Waals surface area contributed by atoms with E-state index in [2.05, 4.69) is 33.0 Å². The number of aliphatic hydroxyl groups excluding tert-OH is 1. The quantitative estimate of drug-likeness (QED) is 0.755. The minimum Gasteiger partial charge on any atom is -0.394 e. The van der Waals surface area contributed by atoms with E-state index in [1.54, 1.807) is 0 Å². The Kier molecular flexibility index (Phi) is 4.19. The van der Waals surface area contributed by atoms with Crippen LogP contribution in [0.1, 0.15) is 53.4 Å². The van der Waals surface area contributed by atoms with Crippen LogP contribution in [-0.2, 0) is 0 Å². The highest BCUT2D eigenvalue weighted by Crippen LogP contribution is 2.32. The van der Waals surface area contributed by atoms with Crippen molar-refractivity contribution in [3.8, 4) is 0 Å². The lowest BCUT2D eigenvalue weighted by molar-refractivity contribution is 0.0906. The number of hydrogen-bond acceptors (Lipinski definition) is 2. The van der Waals surface area contributed by atoms with Gasteiger partial charge < -0.3 is 10.4 Å². The molecule has 0 aromatic carbocycles. The molecule has 1 saturated carbocycles. The molecule has 1 aliphatic rings. The van der Waals surface area contributed by atoms with Gasteiger partial charge in [0.05, 0.1) is 6.61 Å². The second kappa shape index (κ2) is 4.84. The highest BCUT2D eigenvalue weighted by molar-refractivity contribution is 4.93. The zero-order valence-electron chi connectivity index (χ0n) is 10.8. The van der Waals surface area contributed by atoms with Crippen molar-refractivity contribution in [2.24, 2.45) is 11.3 Å². The summed E-state index contributed by atoms with van der Waals surface area (Å²) >= 11 is 0. The fourth-order valence-electron chi connectivity index (χ4n) is 2.47. The van der Waals surface area contributed by atoms with Gasteiger partial charge in [0.1, 0.15) is 0 Å². The third-order valence-electron chi connectivity index (χ3n) is 3.39. The molecule has 90 valence electrons. The Morgan fingerprint density at radius 1 is 1.40 bits per heavy atom. The van der Waals surface area contributed by atoms with Crippen LogP contribution in [0.5, 0.6) is 0 Å². The zero-order valence-corrected chi connectivity index (χ0v) is 10.8. The first-order chi connectivity index (χ1) is 6.87. The maximum atomic E-state index is 9.59. The number of aliphatic hydroxyl groups is 1. The van der Waals surface area contributed by atoms with Gasteiger partial charge in [-0.2, -0.15) is 0 Å². The van der Waals surface area contributed by atoms with E-state index < -0.39 is 0 Å². The van der Waals surface area contributed by atoms with E-state index in [4.69, 9.17) is 0 Å². The summed E-state index contributed by atoms with van der Waals surface area (Å²) in [5.41, 5.74) is 0.299. The molecular formula is C13H27NO. The predicted molar refractivity (Wildman–Crippen MR) is 64.9 cm³/mol. The van der Waals surface area contributed by atoms with Crippen molar-refractivity contribution in [1.82, 2.24) is 5.32 Å². The molecule has 0 aromatic rings. The minimum absolute atomic E-state index is 0.00491. The molecule has 0 radical (unpaired) electrons. The fraction of sp³-hybridized carbons (Fsp3) is 1.00. The number of hydrogen-bond donors (Lipinski definition) is 2. The van der Waals surface area contributed by atoms with E-state index in [-0.39, 0.29) is 12.1 Å². The Morgan fingerprint density at radius 3 is 2.53 bits per heavy atom. The smallest absolute Gasteiger partial charge is 0.0613 e. The van der Waals surface area contributed by atoms with Crippen molar-refractivity contribution >= 4 is 0 Å². The lowest BCUT2D eigenvalue weighted by Crippen LogP contribution is -2.53. The molecule has 0 spiro atoms. The van der Waals surface area contributed by atoms with Crippen molar-refractivity contribution in [1.29, 1.82) is 0 Å². The monoisotopic (exact) mass is 213 g/mol. The highest BCUT2D eigenvalue weighted by atomic mass is 16.3. The van der Waals surface area contributed by atoms with Gasteiger partial charge in [-0.15, -0.1) is 0 Å². The third-order valence-corrected chi connectivity index (χ3v) is 3.39. The highest BCUT2D eigenvalue weighted by Gasteiger charge is 2.34. The Labute approximate surface area is 94.5 Å². The van der Waals surface area contributed by atoms with Gasteiger partial charge in [0.25, 0.3) is 0 Å².